The van der Waals surface area contributed by atoms with E-state index in [1.807, 2.05) is 0 Å². The Morgan fingerprint density at radius 1 is 0.926 bits per heavy atom. The zero-order valence-corrected chi connectivity index (χ0v) is 20.2. The maximum absolute atomic E-state index is 6.89. The summed E-state index contributed by atoms with van der Waals surface area (Å²) in [5.74, 6) is 3.92. The monoisotopic (exact) mass is 389 g/mol. The maximum Gasteiger partial charge on any atom is 0.192 e. The van der Waals surface area contributed by atoms with E-state index >= 15 is 0 Å². The lowest BCUT2D eigenvalue weighted by Gasteiger charge is -2.61. The van der Waals surface area contributed by atoms with Gasteiger partial charge in [-0.3, -0.25) is 0 Å². The molecule has 1 radical (unpaired) electrons. The van der Waals surface area contributed by atoms with Crippen LogP contribution in [0.5, 0.6) is 0 Å². The number of hydrogen-bond acceptors (Lipinski definition) is 1. The summed E-state index contributed by atoms with van der Waals surface area (Å²) in [4.78, 5) is 0. The summed E-state index contributed by atoms with van der Waals surface area (Å²) in [5, 5.41) is 0.332. The van der Waals surface area contributed by atoms with Crippen molar-refractivity contribution in [3.63, 3.8) is 0 Å². The van der Waals surface area contributed by atoms with E-state index in [2.05, 4.69) is 54.1 Å². The largest absolute Gasteiger partial charge is 0.414 e. The minimum atomic E-state index is -1.64. The Hall–Kier alpha value is 0.177. The Morgan fingerprint density at radius 3 is 2.37 bits per heavy atom. The second-order valence-electron chi connectivity index (χ2n) is 12.8. The fourth-order valence-corrected chi connectivity index (χ4v) is 9.06. The van der Waals surface area contributed by atoms with Crippen molar-refractivity contribution < 1.29 is 4.43 Å². The van der Waals surface area contributed by atoms with Gasteiger partial charge in [0.25, 0.3) is 0 Å². The molecule has 4 saturated carbocycles. The van der Waals surface area contributed by atoms with Crippen LogP contribution in [0.3, 0.4) is 0 Å². The van der Waals surface area contributed by atoms with Crippen molar-refractivity contribution in [2.24, 2.45) is 34.5 Å². The van der Waals surface area contributed by atoms with Crippen LogP contribution in [0, 0.1) is 40.9 Å². The van der Waals surface area contributed by atoms with Gasteiger partial charge in [0, 0.05) is 6.10 Å². The zero-order valence-electron chi connectivity index (χ0n) is 19.2. The summed E-state index contributed by atoms with van der Waals surface area (Å²) in [6, 6.07) is 0. The van der Waals surface area contributed by atoms with Crippen molar-refractivity contribution >= 4 is 8.32 Å². The van der Waals surface area contributed by atoms with E-state index in [-0.39, 0.29) is 0 Å². The average Bonchev–Trinajstić information content (AvgIpc) is 2.95. The summed E-state index contributed by atoms with van der Waals surface area (Å²) in [5.41, 5.74) is 1.17. The summed E-state index contributed by atoms with van der Waals surface area (Å²) in [6.07, 6.45) is 16.1. The molecule has 0 aliphatic heterocycles. The highest BCUT2D eigenvalue weighted by atomic mass is 28.4. The van der Waals surface area contributed by atoms with E-state index in [0.717, 1.165) is 23.7 Å². The second-order valence-corrected chi connectivity index (χ2v) is 17.5. The smallest absolute Gasteiger partial charge is 0.192 e. The van der Waals surface area contributed by atoms with Crippen molar-refractivity contribution in [3.05, 3.63) is 6.42 Å². The van der Waals surface area contributed by atoms with E-state index < -0.39 is 8.32 Å². The van der Waals surface area contributed by atoms with Crippen LogP contribution in [0.25, 0.3) is 0 Å². The summed E-state index contributed by atoms with van der Waals surface area (Å²) in [7, 11) is -1.64. The van der Waals surface area contributed by atoms with Crippen molar-refractivity contribution in [2.75, 3.05) is 0 Å². The van der Waals surface area contributed by atoms with Gasteiger partial charge < -0.3 is 4.43 Å². The molecule has 0 N–H and O–H groups in total. The lowest BCUT2D eigenvalue weighted by Crippen LogP contribution is -2.54. The molecule has 27 heavy (non-hydrogen) atoms. The highest BCUT2D eigenvalue weighted by Crippen LogP contribution is 2.66. The molecule has 7 atom stereocenters. The molecule has 0 saturated heterocycles. The molecule has 0 bridgehead atoms. The Bertz CT molecular complexity index is 563. The Balaban J connectivity index is 1.47. The first-order valence-electron chi connectivity index (χ1n) is 12.0. The lowest BCUT2D eigenvalue weighted by molar-refractivity contribution is -0.115. The minimum absolute atomic E-state index is 0.332. The average molecular weight is 390 g/mol. The predicted octanol–water partition coefficient (Wildman–Crippen LogP) is 7.62. The topological polar surface area (TPSA) is 9.23 Å². The molecular formula is C25H45OSi. The van der Waals surface area contributed by atoms with Gasteiger partial charge in [0.2, 0.25) is 0 Å². The zero-order chi connectivity index (χ0) is 19.7. The first-order valence-corrected chi connectivity index (χ1v) is 14.9. The van der Waals surface area contributed by atoms with E-state index in [0.29, 0.717) is 22.0 Å². The SMILES string of the molecule is CC(C)(C)[Si](C)(C)O[C@@H]1CC[C@@]2(C)[C@H](CC[C@@H]3[C@@H]2CC[C@]2(C)[CH]CC[C@@H]32)C1. The molecule has 1 nitrogen and oxygen atoms in total. The Labute approximate surface area is 170 Å². The van der Waals surface area contributed by atoms with Crippen molar-refractivity contribution in [3.8, 4) is 0 Å². The molecule has 0 aromatic rings. The highest BCUT2D eigenvalue weighted by molar-refractivity contribution is 6.74. The number of fused-ring (bicyclic) bond motifs is 5. The van der Waals surface area contributed by atoms with Gasteiger partial charge in [0.05, 0.1) is 0 Å². The van der Waals surface area contributed by atoms with Gasteiger partial charge in [-0.1, -0.05) is 34.6 Å². The van der Waals surface area contributed by atoms with Gasteiger partial charge in [0.15, 0.2) is 8.32 Å². The highest BCUT2D eigenvalue weighted by Gasteiger charge is 2.58. The molecule has 4 rings (SSSR count). The third-order valence-electron chi connectivity index (χ3n) is 10.4. The molecule has 155 valence electrons. The predicted molar refractivity (Wildman–Crippen MR) is 118 cm³/mol. The van der Waals surface area contributed by atoms with Crippen LogP contribution in [0.15, 0.2) is 0 Å². The first-order chi connectivity index (χ1) is 12.5. The van der Waals surface area contributed by atoms with Crippen LogP contribution >= 0.6 is 0 Å². The molecular weight excluding hydrogens is 344 g/mol. The third kappa shape index (κ3) is 3.29. The van der Waals surface area contributed by atoms with Gasteiger partial charge in [-0.2, -0.15) is 0 Å². The first kappa shape index (κ1) is 20.4. The van der Waals surface area contributed by atoms with Crippen molar-refractivity contribution in [1.82, 2.24) is 0 Å². The Morgan fingerprint density at radius 2 is 1.67 bits per heavy atom. The van der Waals surface area contributed by atoms with E-state index in [9.17, 15) is 0 Å². The fraction of sp³-hybridized carbons (Fsp3) is 0.960. The van der Waals surface area contributed by atoms with E-state index in [4.69, 9.17) is 4.43 Å². The summed E-state index contributed by atoms with van der Waals surface area (Å²) in [6.45, 7) is 17.3. The van der Waals surface area contributed by atoms with Gasteiger partial charge >= 0.3 is 0 Å². The van der Waals surface area contributed by atoms with Crippen LogP contribution in [0.1, 0.15) is 92.4 Å². The van der Waals surface area contributed by atoms with Gasteiger partial charge in [-0.15, -0.1) is 0 Å². The van der Waals surface area contributed by atoms with Crippen LogP contribution in [-0.2, 0) is 4.43 Å². The van der Waals surface area contributed by atoms with E-state index in [1.165, 1.54) is 57.8 Å². The fourth-order valence-electron chi connectivity index (χ4n) is 7.66. The quantitative estimate of drug-likeness (QED) is 0.441. The normalized spacial score (nSPS) is 47.9. The molecule has 4 aliphatic rings. The molecule has 0 unspecified atom stereocenters. The van der Waals surface area contributed by atoms with Crippen molar-refractivity contribution in [2.45, 2.75) is 117 Å². The standard InChI is InChI=1S/C25H45OSi/c1-23(2,3)27(6,7)26-19-12-16-25(5)18(17-19)10-11-20-21-9-8-14-24(21,4)15-13-22(20)25/h14,18-22H,8-13,15-17H2,1-7H3/t18-,19-,20+,21+,22+,24+,25+/m1/s1. The third-order valence-corrected chi connectivity index (χ3v) is 14.9. The van der Waals surface area contributed by atoms with Gasteiger partial charge in [-0.25, -0.2) is 0 Å². The minimum Gasteiger partial charge on any atom is -0.414 e. The summed E-state index contributed by atoms with van der Waals surface area (Å²) < 4.78 is 6.89. The molecule has 0 aromatic heterocycles. The number of rotatable bonds is 2. The molecule has 0 spiro atoms. The second kappa shape index (κ2) is 6.59. The van der Waals surface area contributed by atoms with E-state index in [1.54, 1.807) is 0 Å². The van der Waals surface area contributed by atoms with Crippen LogP contribution in [-0.4, -0.2) is 14.4 Å². The molecule has 4 fully saturated rings. The summed E-state index contributed by atoms with van der Waals surface area (Å²) >= 11 is 0. The van der Waals surface area contributed by atoms with Crippen LogP contribution in [0.2, 0.25) is 18.1 Å². The molecule has 0 aromatic carbocycles. The van der Waals surface area contributed by atoms with Crippen molar-refractivity contribution in [1.29, 1.82) is 0 Å². The maximum atomic E-state index is 6.89. The van der Waals surface area contributed by atoms with Crippen LogP contribution < -0.4 is 0 Å². The number of hydrogen-bond donors (Lipinski definition) is 0. The Kier molecular flexibility index (Phi) is 4.99. The van der Waals surface area contributed by atoms with Gasteiger partial charge in [-0.05, 0) is 117 Å². The lowest BCUT2D eigenvalue weighted by atomic mass is 9.45. The molecule has 0 heterocycles. The molecule has 4 aliphatic carbocycles. The molecule has 2 heteroatoms. The molecule has 0 amide bonds. The van der Waals surface area contributed by atoms with Gasteiger partial charge in [0.1, 0.15) is 0 Å². The van der Waals surface area contributed by atoms with Crippen LogP contribution in [0.4, 0.5) is 0 Å².